The molecule has 0 fully saturated rings. The smallest absolute Gasteiger partial charge is 0.0306 e. The van der Waals surface area contributed by atoms with Crippen LogP contribution >= 0.6 is 11.8 Å². The van der Waals surface area contributed by atoms with E-state index in [4.69, 9.17) is 5.73 Å². The maximum Gasteiger partial charge on any atom is 0.0306 e. The molecule has 0 saturated carbocycles. The molecule has 0 aliphatic heterocycles. The molecule has 0 aliphatic carbocycles. The first-order valence-electron chi connectivity index (χ1n) is 6.88. The van der Waals surface area contributed by atoms with Gasteiger partial charge in [-0.15, -0.1) is 0 Å². The van der Waals surface area contributed by atoms with Gasteiger partial charge in [0, 0.05) is 15.8 Å². The molecule has 0 heterocycles. The van der Waals surface area contributed by atoms with Crippen molar-refractivity contribution in [3.63, 3.8) is 0 Å². The molecule has 2 rings (SSSR count). The summed E-state index contributed by atoms with van der Waals surface area (Å²) in [5.41, 5.74) is 7.59. The van der Waals surface area contributed by atoms with Crippen LogP contribution in [-0.4, -0.2) is 0 Å². The van der Waals surface area contributed by atoms with Gasteiger partial charge >= 0.3 is 0 Å². The third-order valence-corrected chi connectivity index (χ3v) is 4.26. The normalized spacial score (nSPS) is 12.3. The zero-order valence-corrected chi connectivity index (χ0v) is 12.2. The molecule has 2 heteroatoms. The average molecular weight is 271 g/mol. The summed E-state index contributed by atoms with van der Waals surface area (Å²) in [7, 11) is 0. The fraction of sp³-hybridized carbons (Fsp3) is 0.294. The molecule has 0 amide bonds. The Balaban J connectivity index is 2.16. The van der Waals surface area contributed by atoms with E-state index in [2.05, 4.69) is 55.5 Å². The van der Waals surface area contributed by atoms with Crippen LogP contribution in [0.4, 0.5) is 0 Å². The van der Waals surface area contributed by atoms with E-state index in [-0.39, 0.29) is 6.04 Å². The molecule has 1 unspecified atom stereocenters. The van der Waals surface area contributed by atoms with Crippen molar-refractivity contribution in [3.05, 3.63) is 60.2 Å². The Bertz CT molecular complexity index is 496. The van der Waals surface area contributed by atoms with E-state index in [0.717, 1.165) is 6.42 Å². The Kier molecular flexibility index (Phi) is 5.49. The van der Waals surface area contributed by atoms with Crippen molar-refractivity contribution >= 4 is 11.8 Å². The largest absolute Gasteiger partial charge is 0.324 e. The van der Waals surface area contributed by atoms with Crippen molar-refractivity contribution in [2.24, 2.45) is 5.73 Å². The van der Waals surface area contributed by atoms with Gasteiger partial charge in [-0.05, 0) is 30.2 Å². The zero-order valence-electron chi connectivity index (χ0n) is 11.4. The predicted octanol–water partition coefficient (Wildman–Crippen LogP) is 5.03. The monoisotopic (exact) mass is 271 g/mol. The Morgan fingerprint density at radius 1 is 1.00 bits per heavy atom. The maximum absolute atomic E-state index is 6.32. The fourth-order valence-corrected chi connectivity index (χ4v) is 3.11. The second-order valence-electron chi connectivity index (χ2n) is 4.70. The Labute approximate surface area is 120 Å². The van der Waals surface area contributed by atoms with Crippen LogP contribution in [0.1, 0.15) is 37.8 Å². The van der Waals surface area contributed by atoms with Gasteiger partial charge in [0.25, 0.3) is 0 Å². The number of hydrogen-bond donors (Lipinski definition) is 1. The second kappa shape index (κ2) is 7.37. The minimum Gasteiger partial charge on any atom is -0.324 e. The number of benzene rings is 2. The number of rotatable bonds is 6. The molecule has 0 aromatic heterocycles. The summed E-state index contributed by atoms with van der Waals surface area (Å²) in [5.74, 6) is 0. The van der Waals surface area contributed by atoms with E-state index in [1.165, 1.54) is 28.2 Å². The Hall–Kier alpha value is -1.25. The molecule has 2 aromatic rings. The lowest BCUT2D eigenvalue weighted by atomic mass is 10.0. The van der Waals surface area contributed by atoms with Crippen LogP contribution in [-0.2, 0) is 0 Å². The lowest BCUT2D eigenvalue weighted by Gasteiger charge is -2.15. The van der Waals surface area contributed by atoms with E-state index in [9.17, 15) is 0 Å². The van der Waals surface area contributed by atoms with E-state index >= 15 is 0 Å². The molecular weight excluding hydrogens is 250 g/mol. The molecule has 2 aromatic carbocycles. The molecule has 19 heavy (non-hydrogen) atoms. The van der Waals surface area contributed by atoms with Gasteiger partial charge in [-0.3, -0.25) is 0 Å². The van der Waals surface area contributed by atoms with Gasteiger partial charge in [0.2, 0.25) is 0 Å². The fourth-order valence-electron chi connectivity index (χ4n) is 2.07. The first-order chi connectivity index (χ1) is 9.31. The van der Waals surface area contributed by atoms with Gasteiger partial charge < -0.3 is 5.73 Å². The first-order valence-corrected chi connectivity index (χ1v) is 7.70. The molecule has 100 valence electrons. The molecule has 2 N–H and O–H groups in total. The number of nitrogens with two attached hydrogens (primary N) is 1. The molecule has 0 aliphatic rings. The van der Waals surface area contributed by atoms with Crippen molar-refractivity contribution in [2.75, 3.05) is 0 Å². The molecule has 0 saturated heterocycles. The van der Waals surface area contributed by atoms with E-state index in [1.807, 2.05) is 6.07 Å². The second-order valence-corrected chi connectivity index (χ2v) is 5.82. The molecule has 0 radical (unpaired) electrons. The van der Waals surface area contributed by atoms with Crippen LogP contribution in [0.25, 0.3) is 0 Å². The number of hydrogen-bond acceptors (Lipinski definition) is 2. The van der Waals surface area contributed by atoms with Gasteiger partial charge in [0.05, 0.1) is 0 Å². The SMILES string of the molecule is CCCCC(N)c1ccccc1Sc1ccccc1. The van der Waals surface area contributed by atoms with Gasteiger partial charge in [0.15, 0.2) is 0 Å². The minimum absolute atomic E-state index is 0.146. The van der Waals surface area contributed by atoms with Gasteiger partial charge in [-0.1, -0.05) is 67.9 Å². The molecule has 0 spiro atoms. The predicted molar refractivity (Wildman–Crippen MR) is 83.5 cm³/mol. The Morgan fingerprint density at radius 3 is 2.42 bits per heavy atom. The highest BCUT2D eigenvalue weighted by molar-refractivity contribution is 7.99. The summed E-state index contributed by atoms with van der Waals surface area (Å²) in [5, 5.41) is 0. The van der Waals surface area contributed by atoms with Crippen molar-refractivity contribution in [2.45, 2.75) is 42.0 Å². The lowest BCUT2D eigenvalue weighted by Crippen LogP contribution is -2.11. The molecule has 1 nitrogen and oxygen atoms in total. The third kappa shape index (κ3) is 4.12. The summed E-state index contributed by atoms with van der Waals surface area (Å²) < 4.78 is 0. The van der Waals surface area contributed by atoms with Crippen LogP contribution in [0.5, 0.6) is 0 Å². The van der Waals surface area contributed by atoms with Crippen molar-refractivity contribution in [1.29, 1.82) is 0 Å². The third-order valence-electron chi connectivity index (χ3n) is 3.16. The van der Waals surface area contributed by atoms with Crippen LogP contribution in [0.3, 0.4) is 0 Å². The Morgan fingerprint density at radius 2 is 1.68 bits per heavy atom. The van der Waals surface area contributed by atoms with Crippen LogP contribution in [0, 0.1) is 0 Å². The highest BCUT2D eigenvalue weighted by atomic mass is 32.2. The summed E-state index contributed by atoms with van der Waals surface area (Å²) in [6, 6.07) is 19.1. The molecule has 1 atom stereocenters. The first kappa shape index (κ1) is 14.2. The van der Waals surface area contributed by atoms with Crippen molar-refractivity contribution < 1.29 is 0 Å². The van der Waals surface area contributed by atoms with Crippen LogP contribution in [0.15, 0.2) is 64.4 Å². The quantitative estimate of drug-likeness (QED) is 0.797. The highest BCUT2D eigenvalue weighted by Crippen LogP contribution is 2.33. The lowest BCUT2D eigenvalue weighted by molar-refractivity contribution is 0.596. The maximum atomic E-state index is 6.32. The summed E-state index contributed by atoms with van der Waals surface area (Å²) >= 11 is 1.80. The van der Waals surface area contributed by atoms with E-state index < -0.39 is 0 Å². The average Bonchev–Trinajstić information content (AvgIpc) is 2.46. The van der Waals surface area contributed by atoms with Gasteiger partial charge in [0.1, 0.15) is 0 Å². The van der Waals surface area contributed by atoms with Crippen LogP contribution < -0.4 is 5.73 Å². The topological polar surface area (TPSA) is 26.0 Å². The summed E-state index contributed by atoms with van der Waals surface area (Å²) in [6.07, 6.45) is 3.44. The van der Waals surface area contributed by atoms with Gasteiger partial charge in [-0.2, -0.15) is 0 Å². The standard InChI is InChI=1S/C17H21NS/c1-2-3-12-16(18)15-11-7-8-13-17(15)19-14-9-5-4-6-10-14/h4-11,13,16H,2-3,12,18H2,1H3. The summed E-state index contributed by atoms with van der Waals surface area (Å²) in [4.78, 5) is 2.54. The highest BCUT2D eigenvalue weighted by Gasteiger charge is 2.11. The molecule has 0 bridgehead atoms. The number of unbranched alkanes of at least 4 members (excludes halogenated alkanes) is 1. The minimum atomic E-state index is 0.146. The van der Waals surface area contributed by atoms with Crippen molar-refractivity contribution in [1.82, 2.24) is 0 Å². The van der Waals surface area contributed by atoms with Gasteiger partial charge in [-0.25, -0.2) is 0 Å². The van der Waals surface area contributed by atoms with Crippen molar-refractivity contribution in [3.8, 4) is 0 Å². The van der Waals surface area contributed by atoms with E-state index in [0.29, 0.717) is 0 Å². The van der Waals surface area contributed by atoms with E-state index in [1.54, 1.807) is 11.8 Å². The summed E-state index contributed by atoms with van der Waals surface area (Å²) in [6.45, 7) is 2.21. The van der Waals surface area contributed by atoms with Crippen LogP contribution in [0.2, 0.25) is 0 Å². The zero-order chi connectivity index (χ0) is 13.5. The molecular formula is C17H21NS.